The lowest BCUT2D eigenvalue weighted by atomic mass is 9.96. The summed E-state index contributed by atoms with van der Waals surface area (Å²) in [7, 11) is 4.31. The second kappa shape index (κ2) is 7.58. The van der Waals surface area contributed by atoms with Crippen molar-refractivity contribution < 1.29 is 0 Å². The van der Waals surface area contributed by atoms with Crippen LogP contribution in [-0.2, 0) is 0 Å². The molecule has 0 radical (unpaired) electrons. The number of hydrogen-bond donors (Lipinski definition) is 1. The third kappa shape index (κ3) is 4.42. The van der Waals surface area contributed by atoms with Crippen molar-refractivity contribution in [3.63, 3.8) is 0 Å². The highest BCUT2D eigenvalue weighted by Crippen LogP contribution is 2.30. The van der Waals surface area contributed by atoms with Crippen molar-refractivity contribution in [3.05, 3.63) is 0 Å². The van der Waals surface area contributed by atoms with E-state index in [4.69, 9.17) is 5.73 Å². The first-order valence-corrected chi connectivity index (χ1v) is 8.02. The Balaban J connectivity index is 1.74. The lowest BCUT2D eigenvalue weighted by Crippen LogP contribution is -2.55. The quantitative estimate of drug-likeness (QED) is 0.769. The average Bonchev–Trinajstić information content (AvgIpc) is 2.92. The molecule has 2 fully saturated rings. The zero-order valence-corrected chi connectivity index (χ0v) is 12.9. The van der Waals surface area contributed by atoms with E-state index in [1.807, 2.05) is 0 Å². The molecule has 4 nitrogen and oxygen atoms in total. The monoisotopic (exact) mass is 268 g/mol. The molecule has 0 spiro atoms. The van der Waals surface area contributed by atoms with E-state index in [-0.39, 0.29) is 0 Å². The molecule has 0 aromatic heterocycles. The van der Waals surface area contributed by atoms with E-state index in [1.54, 1.807) is 0 Å². The Morgan fingerprint density at radius 2 is 1.74 bits per heavy atom. The maximum atomic E-state index is 6.05. The molecule has 2 rings (SSSR count). The van der Waals surface area contributed by atoms with Gasteiger partial charge in [0.05, 0.1) is 0 Å². The number of nitrogens with zero attached hydrogens (tertiary/aromatic N) is 3. The molecule has 19 heavy (non-hydrogen) atoms. The van der Waals surface area contributed by atoms with E-state index in [0.29, 0.717) is 6.04 Å². The topological polar surface area (TPSA) is 35.7 Å². The number of piperazine rings is 1. The van der Waals surface area contributed by atoms with Crippen molar-refractivity contribution in [3.8, 4) is 0 Å². The molecule has 0 aromatic carbocycles. The molecule has 0 bridgehead atoms. The third-order valence-corrected chi connectivity index (χ3v) is 4.92. The summed E-state index contributed by atoms with van der Waals surface area (Å²) in [5.41, 5.74) is 6.05. The summed E-state index contributed by atoms with van der Waals surface area (Å²) in [5, 5.41) is 0. The van der Waals surface area contributed by atoms with Crippen molar-refractivity contribution in [1.82, 2.24) is 14.7 Å². The maximum absolute atomic E-state index is 6.05. The molecule has 2 N–H and O–H groups in total. The predicted octanol–water partition coefficient (Wildman–Crippen LogP) is 0.683. The number of nitrogens with two attached hydrogens (primary N) is 1. The third-order valence-electron chi connectivity index (χ3n) is 4.92. The molecule has 1 aliphatic carbocycles. The molecule has 1 saturated carbocycles. The Morgan fingerprint density at radius 1 is 1.11 bits per heavy atom. The van der Waals surface area contributed by atoms with Gasteiger partial charge in [0.1, 0.15) is 0 Å². The minimum absolute atomic E-state index is 0.651. The van der Waals surface area contributed by atoms with Gasteiger partial charge in [0.2, 0.25) is 0 Å². The van der Waals surface area contributed by atoms with Gasteiger partial charge < -0.3 is 10.6 Å². The first kappa shape index (κ1) is 15.2. The van der Waals surface area contributed by atoms with Crippen molar-refractivity contribution in [2.24, 2.45) is 11.7 Å². The van der Waals surface area contributed by atoms with Gasteiger partial charge in [-0.3, -0.25) is 9.80 Å². The summed E-state index contributed by atoms with van der Waals surface area (Å²) in [6.07, 6.45) is 5.65. The van der Waals surface area contributed by atoms with Crippen LogP contribution in [0.5, 0.6) is 0 Å². The van der Waals surface area contributed by atoms with Crippen molar-refractivity contribution in [2.45, 2.75) is 31.7 Å². The first-order valence-electron chi connectivity index (χ1n) is 8.02. The van der Waals surface area contributed by atoms with E-state index in [1.165, 1.54) is 65.0 Å². The highest BCUT2D eigenvalue weighted by Gasteiger charge is 2.30. The maximum Gasteiger partial charge on any atom is 0.0247 e. The van der Waals surface area contributed by atoms with Gasteiger partial charge in [-0.15, -0.1) is 0 Å². The molecule has 1 unspecified atom stereocenters. The fourth-order valence-corrected chi connectivity index (χ4v) is 3.64. The van der Waals surface area contributed by atoms with Crippen LogP contribution in [0, 0.1) is 5.92 Å². The highest BCUT2D eigenvalue weighted by molar-refractivity contribution is 4.86. The normalized spacial score (nSPS) is 25.3. The largest absolute Gasteiger partial charge is 0.329 e. The molecule has 2 aliphatic rings. The number of rotatable bonds is 6. The summed E-state index contributed by atoms with van der Waals surface area (Å²) in [4.78, 5) is 7.54. The van der Waals surface area contributed by atoms with Gasteiger partial charge in [0.15, 0.2) is 0 Å². The SMILES string of the molecule is CN(C)CCN1CCN(C(CN)C2CCCC2)CC1. The van der Waals surface area contributed by atoms with E-state index in [2.05, 4.69) is 28.8 Å². The van der Waals surface area contributed by atoms with E-state index >= 15 is 0 Å². The average molecular weight is 268 g/mol. The van der Waals surface area contributed by atoms with Gasteiger partial charge >= 0.3 is 0 Å². The smallest absolute Gasteiger partial charge is 0.0247 e. The van der Waals surface area contributed by atoms with Crippen LogP contribution in [0.25, 0.3) is 0 Å². The van der Waals surface area contributed by atoms with Crippen molar-refractivity contribution in [2.75, 3.05) is 59.9 Å². The lowest BCUT2D eigenvalue weighted by Gasteiger charge is -2.41. The molecule has 1 aliphatic heterocycles. The van der Waals surface area contributed by atoms with Gasteiger partial charge in [-0.25, -0.2) is 0 Å². The standard InChI is InChI=1S/C15H32N4/c1-17(2)7-8-18-9-11-19(12-10-18)15(13-16)14-5-3-4-6-14/h14-15H,3-13,16H2,1-2H3. The minimum atomic E-state index is 0.651. The Kier molecular flexibility index (Phi) is 6.07. The fourth-order valence-electron chi connectivity index (χ4n) is 3.64. The Morgan fingerprint density at radius 3 is 2.26 bits per heavy atom. The van der Waals surface area contributed by atoms with Crippen molar-refractivity contribution in [1.29, 1.82) is 0 Å². The van der Waals surface area contributed by atoms with Gasteiger partial charge in [-0.05, 0) is 32.9 Å². The lowest BCUT2D eigenvalue weighted by molar-refractivity contribution is 0.0707. The van der Waals surface area contributed by atoms with Crippen LogP contribution < -0.4 is 5.73 Å². The summed E-state index contributed by atoms with van der Waals surface area (Å²) in [6.45, 7) is 8.09. The minimum Gasteiger partial charge on any atom is -0.329 e. The first-order chi connectivity index (χ1) is 9.20. The van der Waals surface area contributed by atoms with Gasteiger partial charge in [-0.1, -0.05) is 12.8 Å². The summed E-state index contributed by atoms with van der Waals surface area (Å²) in [6, 6.07) is 0.651. The zero-order chi connectivity index (χ0) is 13.7. The second-order valence-electron chi connectivity index (χ2n) is 6.53. The molecule has 0 amide bonds. The molecule has 112 valence electrons. The van der Waals surface area contributed by atoms with Crippen LogP contribution in [0.15, 0.2) is 0 Å². The van der Waals surface area contributed by atoms with Crippen LogP contribution in [0.1, 0.15) is 25.7 Å². The fraction of sp³-hybridized carbons (Fsp3) is 1.00. The van der Waals surface area contributed by atoms with Crippen LogP contribution in [0.4, 0.5) is 0 Å². The van der Waals surface area contributed by atoms with Gasteiger partial charge in [-0.2, -0.15) is 0 Å². The van der Waals surface area contributed by atoms with Crippen LogP contribution in [0.3, 0.4) is 0 Å². The van der Waals surface area contributed by atoms with Gasteiger partial charge in [0, 0.05) is 51.9 Å². The molecule has 1 heterocycles. The van der Waals surface area contributed by atoms with E-state index in [0.717, 1.165) is 12.5 Å². The second-order valence-corrected chi connectivity index (χ2v) is 6.53. The van der Waals surface area contributed by atoms with Crippen LogP contribution >= 0.6 is 0 Å². The summed E-state index contributed by atoms with van der Waals surface area (Å²) >= 11 is 0. The number of likely N-dealkylation sites (N-methyl/N-ethyl adjacent to an activating group) is 1. The van der Waals surface area contributed by atoms with E-state index < -0.39 is 0 Å². The Labute approximate surface area is 118 Å². The van der Waals surface area contributed by atoms with E-state index in [9.17, 15) is 0 Å². The molecule has 1 atom stereocenters. The molecular weight excluding hydrogens is 236 g/mol. The highest BCUT2D eigenvalue weighted by atomic mass is 15.3. The molecule has 1 saturated heterocycles. The van der Waals surface area contributed by atoms with Crippen LogP contribution in [0.2, 0.25) is 0 Å². The number of hydrogen-bond acceptors (Lipinski definition) is 4. The zero-order valence-electron chi connectivity index (χ0n) is 12.9. The van der Waals surface area contributed by atoms with Crippen LogP contribution in [-0.4, -0.2) is 80.7 Å². The molecule has 4 heteroatoms. The summed E-state index contributed by atoms with van der Waals surface area (Å²) in [5.74, 6) is 0.873. The molecular formula is C15H32N4. The predicted molar refractivity (Wildman–Crippen MR) is 81.4 cm³/mol. The summed E-state index contributed by atoms with van der Waals surface area (Å²) < 4.78 is 0. The Hall–Kier alpha value is -0.160. The van der Waals surface area contributed by atoms with Gasteiger partial charge in [0.25, 0.3) is 0 Å². The molecule has 0 aromatic rings. The Bertz CT molecular complexity index is 243. The van der Waals surface area contributed by atoms with Crippen molar-refractivity contribution >= 4 is 0 Å².